The predicted molar refractivity (Wildman–Crippen MR) is 68.7 cm³/mol. The Hall–Kier alpha value is -1.55. The molecule has 1 amide bonds. The summed E-state index contributed by atoms with van der Waals surface area (Å²) in [6, 6.07) is 7.88. The zero-order chi connectivity index (χ0) is 12.8. The van der Waals surface area contributed by atoms with Crippen LogP contribution in [0.4, 0.5) is 0 Å². The molecule has 1 aliphatic heterocycles. The lowest BCUT2D eigenvalue weighted by atomic mass is 10.1. The van der Waals surface area contributed by atoms with E-state index in [-0.39, 0.29) is 12.0 Å². The van der Waals surface area contributed by atoms with Crippen molar-refractivity contribution in [2.75, 3.05) is 20.3 Å². The maximum absolute atomic E-state index is 11.7. The zero-order valence-electron chi connectivity index (χ0n) is 10.6. The highest BCUT2D eigenvalue weighted by Gasteiger charge is 2.22. The average Bonchev–Trinajstić information content (AvgIpc) is 2.93. The Morgan fingerprint density at radius 3 is 2.83 bits per heavy atom. The van der Waals surface area contributed by atoms with Gasteiger partial charge in [0.2, 0.25) is 5.91 Å². The van der Waals surface area contributed by atoms with E-state index in [9.17, 15) is 4.79 Å². The number of amides is 1. The second-order valence-corrected chi connectivity index (χ2v) is 4.39. The van der Waals surface area contributed by atoms with Gasteiger partial charge in [0.1, 0.15) is 11.9 Å². The third kappa shape index (κ3) is 3.47. The van der Waals surface area contributed by atoms with Gasteiger partial charge in [-0.3, -0.25) is 4.79 Å². The molecule has 1 heterocycles. The molecule has 1 aromatic rings. The van der Waals surface area contributed by atoms with E-state index in [1.807, 2.05) is 24.3 Å². The Morgan fingerprint density at radius 1 is 1.44 bits per heavy atom. The van der Waals surface area contributed by atoms with E-state index in [2.05, 4.69) is 5.32 Å². The van der Waals surface area contributed by atoms with Crippen LogP contribution in [0.5, 0.6) is 5.75 Å². The van der Waals surface area contributed by atoms with Gasteiger partial charge in [-0.05, 0) is 37.0 Å². The SMILES string of the molecule is COc1ccc(CCNC(=O)C2CCCO2)cc1. The Balaban J connectivity index is 1.72. The number of hydrogen-bond donors (Lipinski definition) is 1. The fraction of sp³-hybridized carbons (Fsp3) is 0.500. The zero-order valence-corrected chi connectivity index (χ0v) is 10.6. The van der Waals surface area contributed by atoms with Gasteiger partial charge in [-0.25, -0.2) is 0 Å². The van der Waals surface area contributed by atoms with Crippen molar-refractivity contribution in [2.45, 2.75) is 25.4 Å². The third-order valence-electron chi connectivity index (χ3n) is 3.09. The fourth-order valence-electron chi connectivity index (χ4n) is 2.02. The molecule has 98 valence electrons. The van der Waals surface area contributed by atoms with Crippen LogP contribution in [0.25, 0.3) is 0 Å². The highest BCUT2D eigenvalue weighted by Crippen LogP contribution is 2.13. The van der Waals surface area contributed by atoms with Gasteiger partial charge in [0.05, 0.1) is 7.11 Å². The van der Waals surface area contributed by atoms with E-state index in [1.54, 1.807) is 7.11 Å². The van der Waals surface area contributed by atoms with E-state index in [4.69, 9.17) is 9.47 Å². The normalized spacial score (nSPS) is 18.6. The van der Waals surface area contributed by atoms with Crippen LogP contribution in [0.15, 0.2) is 24.3 Å². The quantitative estimate of drug-likeness (QED) is 0.861. The van der Waals surface area contributed by atoms with Gasteiger partial charge in [-0.15, -0.1) is 0 Å². The number of carbonyl (C=O) groups excluding carboxylic acids is 1. The topological polar surface area (TPSA) is 47.6 Å². The summed E-state index contributed by atoms with van der Waals surface area (Å²) in [5.74, 6) is 0.864. The summed E-state index contributed by atoms with van der Waals surface area (Å²) in [4.78, 5) is 11.7. The van der Waals surface area contributed by atoms with Crippen LogP contribution in [0, 0.1) is 0 Å². The molecule has 0 spiro atoms. The van der Waals surface area contributed by atoms with Gasteiger partial charge in [0.15, 0.2) is 0 Å². The summed E-state index contributed by atoms with van der Waals surface area (Å²) in [5.41, 5.74) is 1.18. The number of benzene rings is 1. The fourth-order valence-corrected chi connectivity index (χ4v) is 2.02. The van der Waals surface area contributed by atoms with E-state index < -0.39 is 0 Å². The molecule has 1 unspecified atom stereocenters. The first-order chi connectivity index (χ1) is 8.79. The average molecular weight is 249 g/mol. The summed E-state index contributed by atoms with van der Waals surface area (Å²) in [6.45, 7) is 1.35. The first-order valence-corrected chi connectivity index (χ1v) is 6.32. The van der Waals surface area contributed by atoms with Gasteiger partial charge in [0.25, 0.3) is 0 Å². The summed E-state index contributed by atoms with van der Waals surface area (Å²) < 4.78 is 10.4. The van der Waals surface area contributed by atoms with Crippen molar-refractivity contribution in [1.82, 2.24) is 5.32 Å². The monoisotopic (exact) mass is 249 g/mol. The van der Waals surface area contributed by atoms with Gasteiger partial charge in [0, 0.05) is 13.2 Å². The van der Waals surface area contributed by atoms with Crippen molar-refractivity contribution in [3.8, 4) is 5.75 Å². The number of carbonyl (C=O) groups is 1. The summed E-state index contributed by atoms with van der Waals surface area (Å²) in [6.07, 6.45) is 2.41. The maximum atomic E-state index is 11.7. The second-order valence-electron chi connectivity index (χ2n) is 4.39. The van der Waals surface area contributed by atoms with E-state index in [0.717, 1.165) is 25.0 Å². The minimum absolute atomic E-state index is 0.0148. The summed E-state index contributed by atoms with van der Waals surface area (Å²) in [5, 5.41) is 2.91. The van der Waals surface area contributed by atoms with Crippen LogP contribution < -0.4 is 10.1 Å². The molecule has 0 saturated carbocycles. The van der Waals surface area contributed by atoms with Crippen LogP contribution in [0.3, 0.4) is 0 Å². The molecule has 1 fully saturated rings. The van der Waals surface area contributed by atoms with Crippen LogP contribution >= 0.6 is 0 Å². The van der Waals surface area contributed by atoms with Crippen molar-refractivity contribution in [3.05, 3.63) is 29.8 Å². The molecular formula is C14H19NO3. The standard InChI is InChI=1S/C14H19NO3/c1-17-12-6-4-11(5-7-12)8-9-15-14(16)13-3-2-10-18-13/h4-7,13H,2-3,8-10H2,1H3,(H,15,16). The van der Waals surface area contributed by atoms with Gasteiger partial charge < -0.3 is 14.8 Å². The second kappa shape index (κ2) is 6.40. The molecule has 18 heavy (non-hydrogen) atoms. The molecular weight excluding hydrogens is 230 g/mol. The maximum Gasteiger partial charge on any atom is 0.249 e. The largest absolute Gasteiger partial charge is 0.497 e. The molecule has 1 aromatic carbocycles. The number of nitrogens with one attached hydrogen (secondary N) is 1. The highest BCUT2D eigenvalue weighted by atomic mass is 16.5. The van der Waals surface area contributed by atoms with E-state index in [1.165, 1.54) is 5.56 Å². The number of rotatable bonds is 5. The van der Waals surface area contributed by atoms with Crippen LogP contribution in [0.2, 0.25) is 0 Å². The predicted octanol–water partition coefficient (Wildman–Crippen LogP) is 1.53. The Morgan fingerprint density at radius 2 is 2.22 bits per heavy atom. The lowest BCUT2D eigenvalue weighted by molar-refractivity contribution is -0.129. The lowest BCUT2D eigenvalue weighted by Gasteiger charge is -2.10. The summed E-state index contributed by atoms with van der Waals surface area (Å²) in [7, 11) is 1.65. The van der Waals surface area contributed by atoms with E-state index in [0.29, 0.717) is 13.2 Å². The van der Waals surface area contributed by atoms with Crippen molar-refractivity contribution in [1.29, 1.82) is 0 Å². The number of hydrogen-bond acceptors (Lipinski definition) is 3. The Kier molecular flexibility index (Phi) is 4.59. The molecule has 1 aliphatic rings. The van der Waals surface area contributed by atoms with Crippen molar-refractivity contribution in [3.63, 3.8) is 0 Å². The lowest BCUT2D eigenvalue weighted by Crippen LogP contribution is -2.35. The van der Waals surface area contributed by atoms with Crippen molar-refractivity contribution < 1.29 is 14.3 Å². The van der Waals surface area contributed by atoms with Crippen LogP contribution in [0.1, 0.15) is 18.4 Å². The molecule has 0 aliphatic carbocycles. The minimum Gasteiger partial charge on any atom is -0.497 e. The highest BCUT2D eigenvalue weighted by molar-refractivity contribution is 5.80. The molecule has 1 saturated heterocycles. The molecule has 0 aromatic heterocycles. The molecule has 1 atom stereocenters. The molecule has 4 nitrogen and oxygen atoms in total. The summed E-state index contributed by atoms with van der Waals surface area (Å²) >= 11 is 0. The first kappa shape index (κ1) is 12.9. The van der Waals surface area contributed by atoms with Gasteiger partial charge in [-0.2, -0.15) is 0 Å². The third-order valence-corrected chi connectivity index (χ3v) is 3.09. The van der Waals surface area contributed by atoms with E-state index >= 15 is 0 Å². The van der Waals surface area contributed by atoms with Crippen molar-refractivity contribution >= 4 is 5.91 Å². The number of methoxy groups -OCH3 is 1. The molecule has 1 N–H and O–H groups in total. The first-order valence-electron chi connectivity index (χ1n) is 6.32. The molecule has 0 bridgehead atoms. The Bertz CT molecular complexity index is 383. The molecule has 0 radical (unpaired) electrons. The van der Waals surface area contributed by atoms with Crippen molar-refractivity contribution in [2.24, 2.45) is 0 Å². The van der Waals surface area contributed by atoms with Gasteiger partial charge in [-0.1, -0.05) is 12.1 Å². The van der Waals surface area contributed by atoms with Crippen LogP contribution in [-0.4, -0.2) is 32.3 Å². The molecule has 2 rings (SSSR count). The van der Waals surface area contributed by atoms with Crippen LogP contribution in [-0.2, 0) is 16.0 Å². The minimum atomic E-state index is -0.235. The molecule has 4 heteroatoms. The number of ether oxygens (including phenoxy) is 2. The Labute approximate surface area is 107 Å². The van der Waals surface area contributed by atoms with Gasteiger partial charge >= 0.3 is 0 Å². The smallest absolute Gasteiger partial charge is 0.249 e.